The van der Waals surface area contributed by atoms with Crippen LogP contribution in [0.5, 0.6) is 0 Å². The number of carbonyl (C=O) groups is 1. The Labute approximate surface area is 149 Å². The molecule has 1 amide bonds. The number of pyridine rings is 1. The monoisotopic (exact) mass is 339 g/mol. The molecule has 0 spiro atoms. The Balaban J connectivity index is 1.56. The summed E-state index contributed by atoms with van der Waals surface area (Å²) in [5.74, 6) is 0.918. The van der Waals surface area contributed by atoms with Crippen LogP contribution in [0.25, 0.3) is 0 Å². The van der Waals surface area contributed by atoms with Gasteiger partial charge in [-0.25, -0.2) is 4.98 Å². The molecule has 2 aromatic rings. The van der Waals surface area contributed by atoms with Gasteiger partial charge in [-0.05, 0) is 23.6 Å². The van der Waals surface area contributed by atoms with Gasteiger partial charge in [-0.1, -0.05) is 43.3 Å². The van der Waals surface area contributed by atoms with E-state index in [9.17, 15) is 4.79 Å². The Morgan fingerprint density at radius 2 is 1.96 bits per heavy atom. The fourth-order valence-electron chi connectivity index (χ4n) is 3.07. The highest BCUT2D eigenvalue weighted by molar-refractivity contribution is 5.83. The van der Waals surface area contributed by atoms with E-state index in [1.165, 1.54) is 0 Å². The molecular formula is C20H25N3O2. The Bertz CT molecular complexity index is 667. The average Bonchev–Trinajstić information content (AvgIpc) is 2.69. The Hall–Kier alpha value is -2.40. The summed E-state index contributed by atoms with van der Waals surface area (Å²) in [4.78, 5) is 19.2. The molecule has 0 radical (unpaired) electrons. The highest BCUT2D eigenvalue weighted by Crippen LogP contribution is 2.19. The summed E-state index contributed by atoms with van der Waals surface area (Å²) in [5, 5.41) is 3.03. The van der Waals surface area contributed by atoms with Crippen LogP contribution in [0.1, 0.15) is 30.4 Å². The van der Waals surface area contributed by atoms with Crippen LogP contribution in [0.2, 0.25) is 0 Å². The Kier molecular flexibility index (Phi) is 6.01. The van der Waals surface area contributed by atoms with Crippen LogP contribution in [-0.2, 0) is 16.1 Å². The van der Waals surface area contributed by atoms with Crippen molar-refractivity contribution < 1.29 is 9.53 Å². The van der Waals surface area contributed by atoms with Crippen molar-refractivity contribution in [3.8, 4) is 0 Å². The normalized spacial score (nSPS) is 15.6. The predicted octanol–water partition coefficient (Wildman–Crippen LogP) is 2.73. The topological polar surface area (TPSA) is 54.5 Å². The molecule has 5 nitrogen and oxygen atoms in total. The SMILES string of the molecule is CC[C@H](C(=O)NCc1ccc(N2CCOCC2)nc1)c1ccccc1. The van der Waals surface area contributed by atoms with E-state index in [1.54, 1.807) is 0 Å². The molecule has 0 aliphatic carbocycles. The van der Waals surface area contributed by atoms with Crippen molar-refractivity contribution >= 4 is 11.7 Å². The van der Waals surface area contributed by atoms with Gasteiger partial charge in [0.1, 0.15) is 5.82 Å². The van der Waals surface area contributed by atoms with Crippen molar-refractivity contribution in [2.24, 2.45) is 0 Å². The molecule has 1 saturated heterocycles. The van der Waals surface area contributed by atoms with E-state index in [2.05, 4.69) is 15.2 Å². The molecule has 1 aromatic heterocycles. The minimum Gasteiger partial charge on any atom is -0.378 e. The average molecular weight is 339 g/mol. The number of rotatable bonds is 6. The molecule has 25 heavy (non-hydrogen) atoms. The molecule has 5 heteroatoms. The van der Waals surface area contributed by atoms with Crippen LogP contribution >= 0.6 is 0 Å². The third kappa shape index (κ3) is 4.57. The second kappa shape index (κ2) is 8.62. The lowest BCUT2D eigenvalue weighted by Crippen LogP contribution is -2.36. The molecule has 0 unspecified atom stereocenters. The zero-order valence-electron chi connectivity index (χ0n) is 14.6. The molecular weight excluding hydrogens is 314 g/mol. The second-order valence-corrected chi connectivity index (χ2v) is 6.21. The number of anilines is 1. The lowest BCUT2D eigenvalue weighted by molar-refractivity contribution is -0.122. The first-order chi connectivity index (χ1) is 12.3. The van der Waals surface area contributed by atoms with E-state index in [0.29, 0.717) is 6.54 Å². The maximum absolute atomic E-state index is 12.5. The van der Waals surface area contributed by atoms with E-state index in [4.69, 9.17) is 4.74 Å². The van der Waals surface area contributed by atoms with E-state index in [0.717, 1.165) is 49.7 Å². The van der Waals surface area contributed by atoms with Crippen molar-refractivity contribution in [2.45, 2.75) is 25.8 Å². The van der Waals surface area contributed by atoms with Gasteiger partial charge >= 0.3 is 0 Å². The van der Waals surface area contributed by atoms with Crippen molar-refractivity contribution in [1.29, 1.82) is 0 Å². The van der Waals surface area contributed by atoms with Gasteiger partial charge in [0, 0.05) is 25.8 Å². The lowest BCUT2D eigenvalue weighted by atomic mass is 9.95. The van der Waals surface area contributed by atoms with Crippen LogP contribution in [0.4, 0.5) is 5.82 Å². The molecule has 3 rings (SSSR count). The summed E-state index contributed by atoms with van der Waals surface area (Å²) < 4.78 is 5.36. The van der Waals surface area contributed by atoms with Gasteiger partial charge in [0.2, 0.25) is 5.91 Å². The standard InChI is InChI=1S/C20H25N3O2/c1-2-18(17-6-4-3-5-7-17)20(24)22-15-16-8-9-19(21-14-16)23-10-12-25-13-11-23/h3-9,14,18H,2,10-13,15H2,1H3,(H,22,24)/t18-/m0/s1. The highest BCUT2D eigenvalue weighted by atomic mass is 16.5. The van der Waals surface area contributed by atoms with Crippen LogP contribution in [-0.4, -0.2) is 37.2 Å². The number of carbonyl (C=O) groups excluding carboxylic acids is 1. The number of nitrogens with zero attached hydrogens (tertiary/aromatic N) is 2. The number of hydrogen-bond acceptors (Lipinski definition) is 4. The Morgan fingerprint density at radius 1 is 1.20 bits per heavy atom. The van der Waals surface area contributed by atoms with E-state index in [1.807, 2.05) is 55.6 Å². The number of morpholine rings is 1. The van der Waals surface area contributed by atoms with Gasteiger partial charge in [-0.3, -0.25) is 4.79 Å². The third-order valence-electron chi connectivity index (χ3n) is 4.54. The molecule has 1 aliphatic rings. The van der Waals surface area contributed by atoms with Crippen LogP contribution in [0.3, 0.4) is 0 Å². The van der Waals surface area contributed by atoms with E-state index < -0.39 is 0 Å². The predicted molar refractivity (Wildman–Crippen MR) is 98.6 cm³/mol. The summed E-state index contributed by atoms with van der Waals surface area (Å²) in [5.41, 5.74) is 2.07. The molecule has 1 aromatic carbocycles. The molecule has 1 atom stereocenters. The minimum atomic E-state index is -0.109. The van der Waals surface area contributed by atoms with Crippen molar-refractivity contribution in [2.75, 3.05) is 31.2 Å². The molecule has 132 valence electrons. The molecule has 1 aliphatic heterocycles. The fraction of sp³-hybridized carbons (Fsp3) is 0.400. The fourth-order valence-corrected chi connectivity index (χ4v) is 3.07. The zero-order valence-corrected chi connectivity index (χ0v) is 14.6. The summed E-state index contributed by atoms with van der Waals surface area (Å²) in [6.45, 7) is 5.78. The first kappa shape index (κ1) is 17.4. The van der Waals surface area contributed by atoms with Gasteiger partial charge < -0.3 is 15.0 Å². The number of nitrogens with one attached hydrogen (secondary N) is 1. The largest absolute Gasteiger partial charge is 0.378 e. The van der Waals surface area contributed by atoms with Crippen LogP contribution in [0.15, 0.2) is 48.7 Å². The number of ether oxygens (including phenoxy) is 1. The van der Waals surface area contributed by atoms with E-state index in [-0.39, 0.29) is 11.8 Å². The number of benzene rings is 1. The molecule has 1 fully saturated rings. The molecule has 2 heterocycles. The van der Waals surface area contributed by atoms with Gasteiger partial charge in [0.25, 0.3) is 0 Å². The summed E-state index contributed by atoms with van der Waals surface area (Å²) in [6, 6.07) is 14.0. The number of hydrogen-bond donors (Lipinski definition) is 1. The molecule has 1 N–H and O–H groups in total. The summed E-state index contributed by atoms with van der Waals surface area (Å²) in [6.07, 6.45) is 2.62. The van der Waals surface area contributed by atoms with Gasteiger partial charge in [-0.2, -0.15) is 0 Å². The number of amides is 1. The van der Waals surface area contributed by atoms with Gasteiger partial charge in [0.15, 0.2) is 0 Å². The maximum Gasteiger partial charge on any atom is 0.227 e. The second-order valence-electron chi connectivity index (χ2n) is 6.21. The zero-order chi connectivity index (χ0) is 17.5. The number of aromatic nitrogens is 1. The van der Waals surface area contributed by atoms with Crippen molar-refractivity contribution in [3.05, 3.63) is 59.8 Å². The first-order valence-electron chi connectivity index (χ1n) is 8.88. The van der Waals surface area contributed by atoms with Gasteiger partial charge in [0.05, 0.1) is 19.1 Å². The maximum atomic E-state index is 12.5. The highest BCUT2D eigenvalue weighted by Gasteiger charge is 2.18. The quantitative estimate of drug-likeness (QED) is 0.879. The lowest BCUT2D eigenvalue weighted by Gasteiger charge is -2.27. The summed E-state index contributed by atoms with van der Waals surface area (Å²) >= 11 is 0. The van der Waals surface area contributed by atoms with Crippen LogP contribution in [0, 0.1) is 0 Å². The summed E-state index contributed by atoms with van der Waals surface area (Å²) in [7, 11) is 0. The first-order valence-corrected chi connectivity index (χ1v) is 8.88. The third-order valence-corrected chi connectivity index (χ3v) is 4.54. The smallest absolute Gasteiger partial charge is 0.227 e. The van der Waals surface area contributed by atoms with Crippen molar-refractivity contribution in [3.63, 3.8) is 0 Å². The van der Waals surface area contributed by atoms with Crippen molar-refractivity contribution in [1.82, 2.24) is 10.3 Å². The van der Waals surface area contributed by atoms with Gasteiger partial charge in [-0.15, -0.1) is 0 Å². The van der Waals surface area contributed by atoms with Crippen LogP contribution < -0.4 is 10.2 Å². The van der Waals surface area contributed by atoms with E-state index >= 15 is 0 Å². The Morgan fingerprint density at radius 3 is 2.60 bits per heavy atom. The minimum absolute atomic E-state index is 0.0611. The molecule has 0 bridgehead atoms. The molecule has 0 saturated carbocycles.